The fraction of sp³-hybridized carbons (Fsp3) is 0.381. The highest BCUT2D eigenvalue weighted by Gasteiger charge is 2.24. The number of nitriles is 2. The molecule has 0 saturated carbocycles. The molecule has 1 aliphatic rings. The van der Waals surface area contributed by atoms with Gasteiger partial charge in [-0.1, -0.05) is 13.0 Å². The number of nitro groups is 1. The number of rotatable bonds is 6. The Morgan fingerprint density at radius 2 is 2.13 bits per heavy atom. The van der Waals surface area contributed by atoms with Gasteiger partial charge in [-0.3, -0.25) is 10.1 Å². The topological polar surface area (TPSA) is 158 Å². The molecule has 1 fully saturated rings. The summed E-state index contributed by atoms with van der Waals surface area (Å²) >= 11 is 0. The average molecular weight is 421 g/mol. The van der Waals surface area contributed by atoms with Crippen molar-refractivity contribution in [2.24, 2.45) is 5.92 Å². The first kappa shape index (κ1) is 21.8. The fourth-order valence-corrected chi connectivity index (χ4v) is 3.65. The molecule has 3 rings (SSSR count). The summed E-state index contributed by atoms with van der Waals surface area (Å²) in [5.74, 6) is 0.650. The van der Waals surface area contributed by atoms with E-state index in [0.717, 1.165) is 25.9 Å². The summed E-state index contributed by atoms with van der Waals surface area (Å²) in [4.78, 5) is 13.3. The van der Waals surface area contributed by atoms with Crippen LogP contribution in [0.5, 0.6) is 0 Å². The normalized spacial score (nSPS) is 14.8. The van der Waals surface area contributed by atoms with Gasteiger partial charge in [-0.2, -0.15) is 15.6 Å². The van der Waals surface area contributed by atoms with Crippen LogP contribution in [0.2, 0.25) is 0 Å². The van der Waals surface area contributed by atoms with Gasteiger partial charge >= 0.3 is 0 Å². The smallest absolute Gasteiger partial charge is 0.293 e. The molecule has 3 N–H and O–H groups in total. The van der Waals surface area contributed by atoms with Gasteiger partial charge in [0.15, 0.2) is 0 Å². The van der Waals surface area contributed by atoms with E-state index in [9.17, 15) is 20.6 Å². The number of hydrogen-bond acceptors (Lipinski definition) is 8. The summed E-state index contributed by atoms with van der Waals surface area (Å²) in [6.07, 6.45) is 3.40. The third kappa shape index (κ3) is 4.49. The van der Waals surface area contributed by atoms with E-state index in [1.165, 1.54) is 16.8 Å². The highest BCUT2D eigenvalue weighted by Crippen LogP contribution is 2.33. The van der Waals surface area contributed by atoms with E-state index >= 15 is 0 Å². The quantitative estimate of drug-likeness (QED) is 0.409. The number of anilines is 2. The lowest BCUT2D eigenvalue weighted by Crippen LogP contribution is -2.33. The molecule has 1 saturated heterocycles. The molecule has 31 heavy (non-hydrogen) atoms. The highest BCUT2D eigenvalue weighted by atomic mass is 16.6. The van der Waals surface area contributed by atoms with Crippen molar-refractivity contribution in [2.75, 3.05) is 30.3 Å². The molecule has 0 atom stereocenters. The molecule has 1 aliphatic heterocycles. The summed E-state index contributed by atoms with van der Waals surface area (Å²) in [6.45, 7) is 3.53. The molecule has 0 amide bonds. The number of aromatic nitrogens is 2. The Kier molecular flexibility index (Phi) is 6.53. The number of aliphatic hydroxyl groups is 1. The number of nitrogens with zero attached hydrogens (tertiary/aromatic N) is 6. The number of nitrogens with two attached hydrogens (primary N) is 1. The van der Waals surface area contributed by atoms with E-state index in [1.807, 2.05) is 17.0 Å². The molecule has 2 heterocycles. The van der Waals surface area contributed by atoms with Gasteiger partial charge in [-0.25, -0.2) is 4.68 Å². The van der Waals surface area contributed by atoms with E-state index in [0.29, 0.717) is 17.2 Å². The van der Waals surface area contributed by atoms with Crippen LogP contribution in [0, 0.1) is 38.7 Å². The fourth-order valence-electron chi connectivity index (χ4n) is 3.65. The SMILES string of the molecule is CC1CCN(c2ccc(C=C(C#N)c3nn(CCO)c(N)c3C#N)cc2[N+](=O)[O-])CC1. The summed E-state index contributed by atoms with van der Waals surface area (Å²) < 4.78 is 1.25. The number of hydrogen-bond donors (Lipinski definition) is 2. The van der Waals surface area contributed by atoms with Crippen molar-refractivity contribution < 1.29 is 10.0 Å². The van der Waals surface area contributed by atoms with Crippen LogP contribution < -0.4 is 10.6 Å². The second kappa shape index (κ2) is 9.28. The van der Waals surface area contributed by atoms with E-state index in [2.05, 4.69) is 12.0 Å². The minimum absolute atomic E-state index is 0.0230. The van der Waals surface area contributed by atoms with Crippen LogP contribution in [0.1, 0.15) is 36.6 Å². The lowest BCUT2D eigenvalue weighted by atomic mass is 9.98. The molecule has 1 aromatic heterocycles. The van der Waals surface area contributed by atoms with Crippen LogP contribution >= 0.6 is 0 Å². The second-order valence-corrected chi connectivity index (χ2v) is 7.51. The monoisotopic (exact) mass is 421 g/mol. The number of aliphatic hydroxyl groups excluding tert-OH is 1. The van der Waals surface area contributed by atoms with Crippen LogP contribution in [0.25, 0.3) is 11.6 Å². The summed E-state index contributed by atoms with van der Waals surface area (Å²) in [7, 11) is 0. The largest absolute Gasteiger partial charge is 0.394 e. The lowest BCUT2D eigenvalue weighted by Gasteiger charge is -2.31. The Balaban J connectivity index is 2.02. The predicted octanol–water partition coefficient (Wildman–Crippen LogP) is 2.54. The Hall–Kier alpha value is -3.89. The number of nitro benzene ring substituents is 1. The third-order valence-corrected chi connectivity index (χ3v) is 5.42. The van der Waals surface area contributed by atoms with Crippen molar-refractivity contribution in [1.82, 2.24) is 9.78 Å². The van der Waals surface area contributed by atoms with Crippen molar-refractivity contribution in [3.8, 4) is 12.1 Å². The summed E-state index contributed by atoms with van der Waals surface area (Å²) in [6, 6.07) is 8.74. The average Bonchev–Trinajstić information content (AvgIpc) is 3.08. The Labute approximate surface area is 179 Å². The maximum Gasteiger partial charge on any atom is 0.293 e. The van der Waals surface area contributed by atoms with Crippen LogP contribution in [-0.4, -0.2) is 39.5 Å². The molecule has 0 aliphatic carbocycles. The Morgan fingerprint density at radius 1 is 1.42 bits per heavy atom. The van der Waals surface area contributed by atoms with Crippen LogP contribution in [-0.2, 0) is 6.54 Å². The Morgan fingerprint density at radius 3 is 2.71 bits per heavy atom. The van der Waals surface area contributed by atoms with E-state index in [-0.39, 0.29) is 41.5 Å². The molecule has 1 aromatic carbocycles. The number of allylic oxidation sites excluding steroid dienone is 1. The van der Waals surface area contributed by atoms with Crippen molar-refractivity contribution in [2.45, 2.75) is 26.3 Å². The van der Waals surface area contributed by atoms with Crippen molar-refractivity contribution in [3.05, 3.63) is 45.1 Å². The van der Waals surface area contributed by atoms with Crippen LogP contribution in [0.4, 0.5) is 17.2 Å². The van der Waals surface area contributed by atoms with Gasteiger partial charge in [0.05, 0.1) is 23.6 Å². The molecule has 0 unspecified atom stereocenters. The molecule has 0 spiro atoms. The number of piperidine rings is 1. The first-order valence-corrected chi connectivity index (χ1v) is 9.92. The maximum atomic E-state index is 11.7. The molecular weight excluding hydrogens is 398 g/mol. The van der Waals surface area contributed by atoms with Gasteiger partial charge in [-0.15, -0.1) is 0 Å². The minimum atomic E-state index is -0.425. The molecule has 0 radical (unpaired) electrons. The van der Waals surface area contributed by atoms with Crippen LogP contribution in [0.15, 0.2) is 18.2 Å². The lowest BCUT2D eigenvalue weighted by molar-refractivity contribution is -0.384. The second-order valence-electron chi connectivity index (χ2n) is 7.51. The molecule has 10 heteroatoms. The van der Waals surface area contributed by atoms with Gasteiger partial charge in [0, 0.05) is 19.2 Å². The standard InChI is InChI=1S/C21H23N7O3/c1-14-4-6-26(7-5-14)18-3-2-15(11-19(18)28(30)31)10-16(12-22)20-17(13-23)21(24)27(25-20)8-9-29/h2-3,10-11,14,29H,4-9,24H2,1H3. The zero-order valence-corrected chi connectivity index (χ0v) is 17.2. The van der Waals surface area contributed by atoms with E-state index < -0.39 is 4.92 Å². The van der Waals surface area contributed by atoms with Crippen molar-refractivity contribution >= 4 is 28.8 Å². The van der Waals surface area contributed by atoms with Gasteiger partial charge in [0.1, 0.15) is 34.9 Å². The molecular formula is C21H23N7O3. The predicted molar refractivity (Wildman–Crippen MR) is 116 cm³/mol. The molecule has 2 aromatic rings. The van der Waals surface area contributed by atoms with Crippen molar-refractivity contribution in [1.29, 1.82) is 10.5 Å². The molecule has 160 valence electrons. The van der Waals surface area contributed by atoms with E-state index in [1.54, 1.807) is 12.1 Å². The first-order valence-electron chi connectivity index (χ1n) is 9.92. The van der Waals surface area contributed by atoms with E-state index in [4.69, 9.17) is 10.8 Å². The number of benzene rings is 1. The van der Waals surface area contributed by atoms with Crippen LogP contribution in [0.3, 0.4) is 0 Å². The minimum Gasteiger partial charge on any atom is -0.394 e. The first-order chi connectivity index (χ1) is 14.9. The third-order valence-electron chi connectivity index (χ3n) is 5.42. The van der Waals surface area contributed by atoms with Gasteiger partial charge in [0.25, 0.3) is 5.69 Å². The van der Waals surface area contributed by atoms with Gasteiger partial charge < -0.3 is 15.7 Å². The molecule has 10 nitrogen and oxygen atoms in total. The Bertz CT molecular complexity index is 1100. The molecule has 0 bridgehead atoms. The summed E-state index contributed by atoms with van der Waals surface area (Å²) in [5.41, 5.74) is 7.01. The van der Waals surface area contributed by atoms with Crippen molar-refractivity contribution in [3.63, 3.8) is 0 Å². The maximum absolute atomic E-state index is 11.7. The van der Waals surface area contributed by atoms with Gasteiger partial charge in [0.2, 0.25) is 0 Å². The van der Waals surface area contributed by atoms with Gasteiger partial charge in [-0.05, 0) is 36.5 Å². The zero-order valence-electron chi connectivity index (χ0n) is 17.2. The summed E-state index contributed by atoms with van der Waals surface area (Å²) in [5, 5.41) is 44.1. The zero-order chi connectivity index (χ0) is 22.5. The number of nitrogen functional groups attached to an aromatic ring is 1. The highest BCUT2D eigenvalue weighted by molar-refractivity contribution is 5.92.